The van der Waals surface area contributed by atoms with Crippen molar-refractivity contribution in [2.75, 3.05) is 20.2 Å². The van der Waals surface area contributed by atoms with Gasteiger partial charge in [0.15, 0.2) is 5.82 Å². The van der Waals surface area contributed by atoms with E-state index in [1.165, 1.54) is 16.5 Å². The lowest BCUT2D eigenvalue weighted by Gasteiger charge is -2.21. The Balaban J connectivity index is 1.22. The Labute approximate surface area is 212 Å². The highest BCUT2D eigenvalue weighted by Gasteiger charge is 2.23. The van der Waals surface area contributed by atoms with Gasteiger partial charge in [-0.3, -0.25) is 9.69 Å². The summed E-state index contributed by atoms with van der Waals surface area (Å²) in [6, 6.07) is 22.6. The molecule has 0 radical (unpaired) electrons. The quantitative estimate of drug-likeness (QED) is 0.404. The van der Waals surface area contributed by atoms with Crippen molar-refractivity contribution in [1.82, 2.24) is 25.0 Å². The van der Waals surface area contributed by atoms with Gasteiger partial charge in [-0.1, -0.05) is 60.7 Å². The second-order valence-electron chi connectivity index (χ2n) is 9.40. The summed E-state index contributed by atoms with van der Waals surface area (Å²) in [5.41, 5.74) is 2.46. The Kier molecular flexibility index (Phi) is 7.28. The molecule has 186 valence electrons. The fraction of sp³-hybridized carbons (Fsp3) is 0.345. The number of carbonyl (C=O) groups excluding carboxylic acids is 1. The van der Waals surface area contributed by atoms with E-state index in [4.69, 9.17) is 4.74 Å². The smallest absolute Gasteiger partial charge is 0.220 e. The summed E-state index contributed by atoms with van der Waals surface area (Å²) in [4.78, 5) is 15.0. The molecule has 0 saturated carbocycles. The Morgan fingerprint density at radius 3 is 2.56 bits per heavy atom. The second kappa shape index (κ2) is 10.9. The van der Waals surface area contributed by atoms with E-state index in [0.717, 1.165) is 61.8 Å². The third kappa shape index (κ3) is 5.26. The summed E-state index contributed by atoms with van der Waals surface area (Å²) in [5.74, 6) is 2.75. The van der Waals surface area contributed by atoms with Crippen molar-refractivity contribution < 1.29 is 9.53 Å². The van der Waals surface area contributed by atoms with Crippen molar-refractivity contribution in [3.63, 3.8) is 0 Å². The standard InChI is InChI=1S/C29H33N5O2/c1-21(30-28(35)15-12-22-8-4-3-5-9-22)29-32-31-27-16-17-33(18-19-34(27)29)20-23-13-14-26(36-2)25-11-7-6-10-24(23)25/h3-11,13-14,21H,12,15-20H2,1-2H3,(H,30,35)/t21-/m1/s1. The van der Waals surface area contributed by atoms with E-state index in [9.17, 15) is 4.79 Å². The van der Waals surface area contributed by atoms with Gasteiger partial charge in [-0.25, -0.2) is 0 Å². The lowest BCUT2D eigenvalue weighted by atomic mass is 10.0. The summed E-state index contributed by atoms with van der Waals surface area (Å²) in [7, 11) is 1.72. The minimum Gasteiger partial charge on any atom is -0.496 e. The number of aryl methyl sites for hydroxylation is 1. The van der Waals surface area contributed by atoms with E-state index < -0.39 is 0 Å². The number of hydrogen-bond acceptors (Lipinski definition) is 5. The highest BCUT2D eigenvalue weighted by atomic mass is 16.5. The van der Waals surface area contributed by atoms with Crippen molar-refractivity contribution in [2.45, 2.75) is 45.3 Å². The van der Waals surface area contributed by atoms with Crippen molar-refractivity contribution in [1.29, 1.82) is 0 Å². The number of hydrogen-bond donors (Lipinski definition) is 1. The number of amides is 1. The Morgan fingerprint density at radius 1 is 0.972 bits per heavy atom. The van der Waals surface area contributed by atoms with Gasteiger partial charge in [-0.05, 0) is 35.9 Å². The second-order valence-corrected chi connectivity index (χ2v) is 9.40. The van der Waals surface area contributed by atoms with Gasteiger partial charge in [0.05, 0.1) is 13.2 Å². The van der Waals surface area contributed by atoms with Crippen LogP contribution in [0.1, 0.15) is 42.2 Å². The zero-order valence-electron chi connectivity index (χ0n) is 21.0. The summed E-state index contributed by atoms with van der Waals surface area (Å²) in [5, 5.41) is 14.4. The van der Waals surface area contributed by atoms with Crippen molar-refractivity contribution in [2.24, 2.45) is 0 Å². The van der Waals surface area contributed by atoms with Crippen molar-refractivity contribution in [3.8, 4) is 5.75 Å². The molecule has 7 heteroatoms. The maximum atomic E-state index is 12.6. The van der Waals surface area contributed by atoms with Crippen LogP contribution in [0.4, 0.5) is 0 Å². The predicted molar refractivity (Wildman–Crippen MR) is 141 cm³/mol. The van der Waals surface area contributed by atoms with E-state index in [-0.39, 0.29) is 11.9 Å². The molecule has 0 spiro atoms. The molecule has 4 aromatic rings. The van der Waals surface area contributed by atoms with Crippen LogP contribution in [0.5, 0.6) is 5.75 Å². The summed E-state index contributed by atoms with van der Waals surface area (Å²) in [6.45, 7) is 5.47. The molecule has 1 amide bonds. The zero-order chi connectivity index (χ0) is 24.9. The average molecular weight is 484 g/mol. The van der Waals surface area contributed by atoms with Gasteiger partial charge in [0.2, 0.25) is 5.91 Å². The van der Waals surface area contributed by atoms with Crippen molar-refractivity contribution in [3.05, 3.63) is 89.5 Å². The van der Waals surface area contributed by atoms with Crippen molar-refractivity contribution >= 4 is 16.7 Å². The third-order valence-electron chi connectivity index (χ3n) is 6.98. The normalized spacial score (nSPS) is 14.7. The number of rotatable bonds is 8. The number of benzene rings is 3. The maximum Gasteiger partial charge on any atom is 0.220 e. The first-order valence-corrected chi connectivity index (χ1v) is 12.6. The van der Waals surface area contributed by atoms with Gasteiger partial charge in [0.25, 0.3) is 0 Å². The van der Waals surface area contributed by atoms with Crippen LogP contribution in [-0.4, -0.2) is 45.8 Å². The first-order valence-electron chi connectivity index (χ1n) is 12.6. The van der Waals surface area contributed by atoms with Crippen LogP contribution in [-0.2, 0) is 30.7 Å². The van der Waals surface area contributed by atoms with E-state index in [1.807, 2.05) is 25.1 Å². The number of nitrogens with one attached hydrogen (secondary N) is 1. The van der Waals surface area contributed by atoms with Crippen LogP contribution in [0.15, 0.2) is 66.7 Å². The van der Waals surface area contributed by atoms with Crippen LogP contribution in [0.25, 0.3) is 10.8 Å². The molecule has 3 aromatic carbocycles. The van der Waals surface area contributed by atoms with E-state index in [2.05, 4.69) is 73.5 Å². The molecular formula is C29H33N5O2. The first kappa shape index (κ1) is 24.0. The minimum absolute atomic E-state index is 0.0327. The number of nitrogens with zero attached hydrogens (tertiary/aromatic N) is 4. The van der Waals surface area contributed by atoms with Gasteiger partial charge < -0.3 is 14.6 Å². The molecule has 1 aliphatic rings. The van der Waals surface area contributed by atoms with Gasteiger partial charge in [0, 0.05) is 44.4 Å². The van der Waals surface area contributed by atoms with Gasteiger partial charge >= 0.3 is 0 Å². The monoisotopic (exact) mass is 483 g/mol. The van der Waals surface area contributed by atoms with E-state index >= 15 is 0 Å². The molecule has 0 fully saturated rings. The van der Waals surface area contributed by atoms with Gasteiger partial charge in [-0.15, -0.1) is 10.2 Å². The van der Waals surface area contributed by atoms with Crippen LogP contribution < -0.4 is 10.1 Å². The lowest BCUT2D eigenvalue weighted by molar-refractivity contribution is -0.121. The number of ether oxygens (including phenoxy) is 1. The van der Waals surface area contributed by atoms with Crippen LogP contribution >= 0.6 is 0 Å². The molecule has 0 unspecified atom stereocenters. The molecule has 0 saturated heterocycles. The van der Waals surface area contributed by atoms with Crippen LogP contribution in [0, 0.1) is 0 Å². The van der Waals surface area contributed by atoms with Gasteiger partial charge in [-0.2, -0.15) is 0 Å². The van der Waals surface area contributed by atoms with Crippen LogP contribution in [0.3, 0.4) is 0 Å². The molecule has 7 nitrogen and oxygen atoms in total. The Morgan fingerprint density at radius 2 is 1.75 bits per heavy atom. The summed E-state index contributed by atoms with van der Waals surface area (Å²) < 4.78 is 7.75. The predicted octanol–water partition coefficient (Wildman–Crippen LogP) is 4.31. The molecule has 2 heterocycles. The fourth-order valence-corrected chi connectivity index (χ4v) is 5.04. The lowest BCUT2D eigenvalue weighted by Crippen LogP contribution is -2.30. The van der Waals surface area contributed by atoms with Gasteiger partial charge in [0.1, 0.15) is 11.6 Å². The maximum absolute atomic E-state index is 12.6. The zero-order valence-corrected chi connectivity index (χ0v) is 21.0. The summed E-state index contributed by atoms with van der Waals surface area (Å²) in [6.07, 6.45) is 2.01. The van der Waals surface area contributed by atoms with Crippen LogP contribution in [0.2, 0.25) is 0 Å². The molecule has 1 aromatic heterocycles. The first-order chi connectivity index (χ1) is 17.6. The molecular weight excluding hydrogens is 450 g/mol. The molecule has 1 atom stereocenters. The number of aromatic nitrogens is 3. The van der Waals surface area contributed by atoms with E-state index in [1.54, 1.807) is 7.11 Å². The molecule has 36 heavy (non-hydrogen) atoms. The molecule has 1 N–H and O–H groups in total. The SMILES string of the molecule is COc1ccc(CN2CCc3nnc([C@@H](C)NC(=O)CCc4ccccc4)n3CC2)c2ccccc12. The fourth-order valence-electron chi connectivity index (χ4n) is 5.04. The average Bonchev–Trinajstić information content (AvgIpc) is 3.22. The Hall–Kier alpha value is -3.71. The molecule has 0 aliphatic carbocycles. The highest BCUT2D eigenvalue weighted by molar-refractivity contribution is 5.91. The van der Waals surface area contributed by atoms with E-state index in [0.29, 0.717) is 6.42 Å². The number of fused-ring (bicyclic) bond motifs is 2. The topological polar surface area (TPSA) is 72.3 Å². The number of methoxy groups -OCH3 is 1. The molecule has 5 rings (SSSR count). The number of carbonyl (C=O) groups is 1. The molecule has 0 bridgehead atoms. The highest BCUT2D eigenvalue weighted by Crippen LogP contribution is 2.29. The Bertz CT molecular complexity index is 1330. The largest absolute Gasteiger partial charge is 0.496 e. The third-order valence-corrected chi connectivity index (χ3v) is 6.98. The summed E-state index contributed by atoms with van der Waals surface area (Å²) >= 11 is 0. The molecule has 1 aliphatic heterocycles. The minimum atomic E-state index is -0.188.